The number of nitrogens with zero attached hydrogens (tertiary/aromatic N) is 1. The van der Waals surface area contributed by atoms with Gasteiger partial charge in [-0.15, -0.1) is 0 Å². The van der Waals surface area contributed by atoms with E-state index in [9.17, 15) is 4.79 Å². The van der Waals surface area contributed by atoms with Crippen molar-refractivity contribution in [2.45, 2.75) is 52.4 Å². The van der Waals surface area contributed by atoms with E-state index in [0.29, 0.717) is 17.9 Å². The maximum atomic E-state index is 12.7. The van der Waals surface area contributed by atoms with Gasteiger partial charge in [0.15, 0.2) is 0 Å². The number of rotatable bonds is 3. The number of benzene rings is 1. The molecule has 2 fully saturated rings. The van der Waals surface area contributed by atoms with Crippen LogP contribution in [0.3, 0.4) is 0 Å². The van der Waals surface area contributed by atoms with E-state index in [1.165, 1.54) is 11.1 Å². The Bertz CT molecular complexity index is 525. The maximum Gasteiger partial charge on any atom is 0.241 e. The highest BCUT2D eigenvalue weighted by Crippen LogP contribution is 2.42. The molecule has 1 amide bonds. The summed E-state index contributed by atoms with van der Waals surface area (Å²) in [6.45, 7) is 8.56. The van der Waals surface area contributed by atoms with Gasteiger partial charge < -0.3 is 4.90 Å². The molecular weight excluding hydrogens is 248 g/mol. The van der Waals surface area contributed by atoms with Crippen LogP contribution in [-0.2, 0) is 4.79 Å². The molecular formula is C17H24N2O. The molecule has 3 heteroatoms. The zero-order valence-corrected chi connectivity index (χ0v) is 12.8. The van der Waals surface area contributed by atoms with E-state index < -0.39 is 0 Å². The standard InChI is InChI=1S/C17H24N2O/c1-10(2)15-17(20)19(14-9-12(14)4)16(18-15)13-7-5-6-11(3)8-13/h5-8,10,12,14-16,18H,9H2,1-4H3. The van der Waals surface area contributed by atoms with Crippen LogP contribution in [0.2, 0.25) is 0 Å². The van der Waals surface area contributed by atoms with Crippen molar-refractivity contribution in [3.05, 3.63) is 35.4 Å². The van der Waals surface area contributed by atoms with Gasteiger partial charge in [-0.2, -0.15) is 0 Å². The Kier molecular flexibility index (Phi) is 3.33. The molecule has 0 bridgehead atoms. The summed E-state index contributed by atoms with van der Waals surface area (Å²) in [7, 11) is 0. The van der Waals surface area contributed by atoms with Crippen LogP contribution in [0.25, 0.3) is 0 Å². The number of carbonyl (C=O) groups excluding carboxylic acids is 1. The molecule has 1 aromatic rings. The van der Waals surface area contributed by atoms with Gasteiger partial charge in [0.25, 0.3) is 0 Å². The summed E-state index contributed by atoms with van der Waals surface area (Å²) < 4.78 is 0. The number of carbonyl (C=O) groups is 1. The van der Waals surface area contributed by atoms with Crippen LogP contribution in [0.4, 0.5) is 0 Å². The molecule has 4 unspecified atom stereocenters. The summed E-state index contributed by atoms with van der Waals surface area (Å²) in [5.74, 6) is 1.24. The van der Waals surface area contributed by atoms with Crippen LogP contribution in [-0.4, -0.2) is 22.9 Å². The number of amides is 1. The Morgan fingerprint density at radius 2 is 2.05 bits per heavy atom. The van der Waals surface area contributed by atoms with E-state index in [2.05, 4.69) is 62.2 Å². The van der Waals surface area contributed by atoms with Crippen molar-refractivity contribution in [3.63, 3.8) is 0 Å². The normalized spacial score (nSPS) is 33.0. The van der Waals surface area contributed by atoms with Crippen molar-refractivity contribution < 1.29 is 4.79 Å². The van der Waals surface area contributed by atoms with E-state index in [1.807, 2.05) is 0 Å². The third-order valence-electron chi connectivity index (χ3n) is 4.58. The molecule has 1 saturated heterocycles. The van der Waals surface area contributed by atoms with Crippen molar-refractivity contribution >= 4 is 5.91 Å². The second kappa shape index (κ2) is 4.88. The first kappa shape index (κ1) is 13.6. The van der Waals surface area contributed by atoms with Gasteiger partial charge in [0.1, 0.15) is 6.17 Å². The van der Waals surface area contributed by atoms with Crippen molar-refractivity contribution in [1.29, 1.82) is 0 Å². The number of nitrogens with one attached hydrogen (secondary N) is 1. The molecule has 0 radical (unpaired) electrons. The molecule has 108 valence electrons. The molecule has 20 heavy (non-hydrogen) atoms. The van der Waals surface area contributed by atoms with Crippen molar-refractivity contribution in [2.24, 2.45) is 11.8 Å². The van der Waals surface area contributed by atoms with E-state index >= 15 is 0 Å². The van der Waals surface area contributed by atoms with Crippen LogP contribution in [0.1, 0.15) is 44.5 Å². The molecule has 4 atom stereocenters. The minimum atomic E-state index is -0.0479. The minimum Gasteiger partial charge on any atom is -0.318 e. The van der Waals surface area contributed by atoms with Gasteiger partial charge in [-0.05, 0) is 30.7 Å². The third-order valence-corrected chi connectivity index (χ3v) is 4.58. The highest BCUT2D eigenvalue weighted by molar-refractivity contribution is 5.85. The molecule has 1 aliphatic carbocycles. The molecule has 3 rings (SSSR count). The smallest absolute Gasteiger partial charge is 0.241 e. The molecule has 1 aromatic carbocycles. The monoisotopic (exact) mass is 272 g/mol. The van der Waals surface area contributed by atoms with Crippen molar-refractivity contribution in [3.8, 4) is 0 Å². The van der Waals surface area contributed by atoms with Crippen LogP contribution in [0.15, 0.2) is 24.3 Å². The van der Waals surface area contributed by atoms with Gasteiger partial charge in [-0.3, -0.25) is 10.1 Å². The SMILES string of the molecule is Cc1cccc(C2NC(C(C)C)C(=O)N2C2CC2C)c1. The number of hydrogen-bond donors (Lipinski definition) is 1. The first-order chi connectivity index (χ1) is 9.49. The first-order valence-corrected chi connectivity index (χ1v) is 7.64. The highest BCUT2D eigenvalue weighted by atomic mass is 16.2. The fraction of sp³-hybridized carbons (Fsp3) is 0.588. The molecule has 1 saturated carbocycles. The summed E-state index contributed by atoms with van der Waals surface area (Å²) >= 11 is 0. The summed E-state index contributed by atoms with van der Waals surface area (Å²) in [5.41, 5.74) is 2.45. The molecule has 3 nitrogen and oxygen atoms in total. The van der Waals surface area contributed by atoms with E-state index in [-0.39, 0.29) is 18.1 Å². The largest absolute Gasteiger partial charge is 0.318 e. The second-order valence-electron chi connectivity index (χ2n) is 6.73. The van der Waals surface area contributed by atoms with Crippen LogP contribution >= 0.6 is 0 Å². The fourth-order valence-corrected chi connectivity index (χ4v) is 3.23. The molecule has 0 spiro atoms. The Morgan fingerprint density at radius 1 is 1.35 bits per heavy atom. The van der Waals surface area contributed by atoms with Crippen molar-refractivity contribution in [2.75, 3.05) is 0 Å². The molecule has 1 aliphatic heterocycles. The lowest BCUT2D eigenvalue weighted by atomic mass is 10.0. The maximum absolute atomic E-state index is 12.7. The average molecular weight is 272 g/mol. The van der Waals surface area contributed by atoms with E-state index in [1.54, 1.807) is 0 Å². The van der Waals surface area contributed by atoms with E-state index in [0.717, 1.165) is 6.42 Å². The topological polar surface area (TPSA) is 32.3 Å². The van der Waals surface area contributed by atoms with Gasteiger partial charge >= 0.3 is 0 Å². The third kappa shape index (κ3) is 2.24. The molecule has 2 aliphatic rings. The Hall–Kier alpha value is -1.35. The molecule has 0 aromatic heterocycles. The van der Waals surface area contributed by atoms with Gasteiger partial charge in [0, 0.05) is 6.04 Å². The summed E-state index contributed by atoms with van der Waals surface area (Å²) in [6, 6.07) is 8.87. The van der Waals surface area contributed by atoms with Crippen LogP contribution in [0, 0.1) is 18.8 Å². The molecule has 1 N–H and O–H groups in total. The average Bonchev–Trinajstić information content (AvgIpc) is 2.98. The van der Waals surface area contributed by atoms with Crippen LogP contribution in [0.5, 0.6) is 0 Å². The quantitative estimate of drug-likeness (QED) is 0.917. The fourth-order valence-electron chi connectivity index (χ4n) is 3.23. The van der Waals surface area contributed by atoms with Gasteiger partial charge in [-0.25, -0.2) is 0 Å². The summed E-state index contributed by atoms with van der Waals surface area (Å²) in [5, 5.41) is 3.55. The zero-order chi connectivity index (χ0) is 14.4. The van der Waals surface area contributed by atoms with E-state index in [4.69, 9.17) is 0 Å². The van der Waals surface area contributed by atoms with Gasteiger partial charge in [-0.1, -0.05) is 50.6 Å². The van der Waals surface area contributed by atoms with Gasteiger partial charge in [0.2, 0.25) is 5.91 Å². The molecule has 1 heterocycles. The minimum absolute atomic E-state index is 0.0461. The lowest BCUT2D eigenvalue weighted by Crippen LogP contribution is -2.35. The highest BCUT2D eigenvalue weighted by Gasteiger charge is 2.50. The Labute approximate surface area is 121 Å². The Balaban J connectivity index is 1.93. The Morgan fingerprint density at radius 3 is 2.60 bits per heavy atom. The van der Waals surface area contributed by atoms with Crippen LogP contribution < -0.4 is 5.32 Å². The van der Waals surface area contributed by atoms with Crippen molar-refractivity contribution in [1.82, 2.24) is 10.2 Å². The lowest BCUT2D eigenvalue weighted by molar-refractivity contribution is -0.131. The second-order valence-corrected chi connectivity index (χ2v) is 6.73. The zero-order valence-electron chi connectivity index (χ0n) is 12.8. The summed E-state index contributed by atoms with van der Waals surface area (Å²) in [6.07, 6.45) is 1.19. The predicted molar refractivity (Wildman–Crippen MR) is 80.1 cm³/mol. The van der Waals surface area contributed by atoms with Gasteiger partial charge in [0.05, 0.1) is 6.04 Å². The number of hydrogen-bond acceptors (Lipinski definition) is 2. The lowest BCUT2D eigenvalue weighted by Gasteiger charge is -2.25. The first-order valence-electron chi connectivity index (χ1n) is 7.64. The number of aryl methyl sites for hydroxylation is 1. The predicted octanol–water partition coefficient (Wildman–Crippen LogP) is 2.86. The summed E-state index contributed by atoms with van der Waals surface area (Å²) in [4.78, 5) is 14.8.